The molecule has 0 aliphatic carbocycles. The van der Waals surface area contributed by atoms with Gasteiger partial charge in [0.1, 0.15) is 0 Å². The van der Waals surface area contributed by atoms with Gasteiger partial charge in [-0.25, -0.2) is 13.1 Å². The van der Waals surface area contributed by atoms with Gasteiger partial charge in [0.15, 0.2) is 0 Å². The first-order valence-electron chi connectivity index (χ1n) is 6.29. The summed E-state index contributed by atoms with van der Waals surface area (Å²) in [7, 11) is -1.96. The van der Waals surface area contributed by atoms with Crippen LogP contribution < -0.4 is 4.72 Å². The minimum atomic E-state index is -3.52. The predicted octanol–water partition coefficient (Wildman–Crippen LogP) is 2.23. The molecule has 1 rings (SSSR count). The summed E-state index contributed by atoms with van der Waals surface area (Å²) >= 11 is 0. The summed E-state index contributed by atoms with van der Waals surface area (Å²) in [6.07, 6.45) is 0. The fraction of sp³-hybridized carbons (Fsp3) is 0.571. The van der Waals surface area contributed by atoms with Crippen molar-refractivity contribution >= 4 is 10.0 Å². The summed E-state index contributed by atoms with van der Waals surface area (Å²) in [4.78, 5) is 0.396. The molecule has 0 aliphatic heterocycles. The highest BCUT2D eigenvalue weighted by Crippen LogP contribution is 2.26. The van der Waals surface area contributed by atoms with E-state index in [4.69, 9.17) is 4.74 Å². The van der Waals surface area contributed by atoms with Crippen LogP contribution in [0.1, 0.15) is 29.2 Å². The maximum atomic E-state index is 12.5. The third-order valence-electron chi connectivity index (χ3n) is 3.34. The molecule has 0 saturated heterocycles. The van der Waals surface area contributed by atoms with Crippen molar-refractivity contribution in [2.24, 2.45) is 0 Å². The molecule has 108 valence electrons. The van der Waals surface area contributed by atoms with Crippen LogP contribution in [-0.4, -0.2) is 28.2 Å². The van der Waals surface area contributed by atoms with Crippen LogP contribution in [0.3, 0.4) is 0 Å². The quantitative estimate of drug-likeness (QED) is 0.902. The molecule has 0 saturated carbocycles. The van der Waals surface area contributed by atoms with Crippen molar-refractivity contribution in [2.45, 2.75) is 45.6 Å². The van der Waals surface area contributed by atoms with Crippen LogP contribution >= 0.6 is 0 Å². The summed E-state index contributed by atoms with van der Waals surface area (Å²) < 4.78 is 32.6. The van der Waals surface area contributed by atoms with E-state index in [1.165, 1.54) is 0 Å². The van der Waals surface area contributed by atoms with Gasteiger partial charge in [0.25, 0.3) is 0 Å². The van der Waals surface area contributed by atoms with Crippen molar-refractivity contribution < 1.29 is 13.2 Å². The van der Waals surface area contributed by atoms with Gasteiger partial charge in [-0.1, -0.05) is 6.07 Å². The van der Waals surface area contributed by atoms with Crippen molar-refractivity contribution in [3.8, 4) is 0 Å². The van der Waals surface area contributed by atoms with E-state index in [0.717, 1.165) is 22.3 Å². The highest BCUT2D eigenvalue weighted by Gasteiger charge is 2.23. The van der Waals surface area contributed by atoms with Crippen molar-refractivity contribution in [3.63, 3.8) is 0 Å². The Hall–Kier alpha value is -0.910. The molecule has 0 bridgehead atoms. The Morgan fingerprint density at radius 1 is 1.16 bits per heavy atom. The highest BCUT2D eigenvalue weighted by molar-refractivity contribution is 7.89. The maximum absolute atomic E-state index is 12.5. The molecule has 0 fully saturated rings. The van der Waals surface area contributed by atoms with E-state index >= 15 is 0 Å². The molecule has 1 atom stereocenters. The average Bonchev–Trinajstić information content (AvgIpc) is 2.25. The van der Waals surface area contributed by atoms with E-state index in [-0.39, 0.29) is 6.04 Å². The number of methoxy groups -OCH3 is 1. The van der Waals surface area contributed by atoms with E-state index in [1.54, 1.807) is 14.0 Å². The van der Waals surface area contributed by atoms with Gasteiger partial charge >= 0.3 is 0 Å². The van der Waals surface area contributed by atoms with Gasteiger partial charge in [0, 0.05) is 13.2 Å². The fourth-order valence-corrected chi connectivity index (χ4v) is 4.04. The van der Waals surface area contributed by atoms with Crippen LogP contribution in [0, 0.1) is 27.7 Å². The average molecular weight is 285 g/mol. The Morgan fingerprint density at radius 2 is 1.63 bits per heavy atom. The number of hydrogen-bond donors (Lipinski definition) is 1. The lowest BCUT2D eigenvalue weighted by molar-refractivity contribution is 0.180. The number of rotatable bonds is 5. The number of aryl methyl sites for hydroxylation is 2. The molecule has 0 heterocycles. The molecule has 0 aromatic heterocycles. The molecule has 1 aromatic carbocycles. The summed E-state index contributed by atoms with van der Waals surface area (Å²) in [6.45, 7) is 9.68. The molecule has 0 radical (unpaired) electrons. The maximum Gasteiger partial charge on any atom is 0.241 e. The normalized spacial score (nSPS) is 13.6. The molecule has 0 unspecified atom stereocenters. The molecule has 0 amide bonds. The van der Waals surface area contributed by atoms with E-state index < -0.39 is 10.0 Å². The number of benzene rings is 1. The molecule has 0 spiro atoms. The van der Waals surface area contributed by atoms with Crippen LogP contribution in [0.4, 0.5) is 0 Å². The van der Waals surface area contributed by atoms with Crippen LogP contribution in [0.5, 0.6) is 0 Å². The Labute approximate surface area is 116 Å². The van der Waals surface area contributed by atoms with Gasteiger partial charge in [0.05, 0.1) is 11.5 Å². The first kappa shape index (κ1) is 16.1. The smallest absolute Gasteiger partial charge is 0.241 e. The van der Waals surface area contributed by atoms with Gasteiger partial charge in [-0.05, 0) is 56.9 Å². The second kappa shape index (κ2) is 6.03. The van der Waals surface area contributed by atoms with Gasteiger partial charge in [-0.3, -0.25) is 0 Å². The van der Waals surface area contributed by atoms with Crippen LogP contribution in [0.25, 0.3) is 0 Å². The third kappa shape index (κ3) is 3.55. The van der Waals surface area contributed by atoms with Crippen LogP contribution in [0.15, 0.2) is 11.0 Å². The summed E-state index contributed by atoms with van der Waals surface area (Å²) in [5, 5.41) is 0. The Balaban J connectivity index is 3.29. The third-order valence-corrected chi connectivity index (χ3v) is 5.20. The fourth-order valence-electron chi connectivity index (χ4n) is 2.19. The second-order valence-electron chi connectivity index (χ2n) is 5.07. The second-order valence-corrected chi connectivity index (χ2v) is 6.72. The SMILES string of the molecule is COC[C@@H](C)NS(=O)(=O)c1c(C)c(C)cc(C)c1C. The largest absolute Gasteiger partial charge is 0.383 e. The Bertz CT molecular complexity index is 538. The molecule has 5 heteroatoms. The zero-order chi connectivity index (χ0) is 14.8. The predicted molar refractivity (Wildman–Crippen MR) is 77.0 cm³/mol. The molecule has 1 N–H and O–H groups in total. The van der Waals surface area contributed by atoms with Gasteiger partial charge in [-0.2, -0.15) is 0 Å². The van der Waals surface area contributed by atoms with E-state index in [2.05, 4.69) is 4.72 Å². The zero-order valence-electron chi connectivity index (χ0n) is 12.5. The van der Waals surface area contributed by atoms with Gasteiger partial charge < -0.3 is 4.74 Å². The van der Waals surface area contributed by atoms with Gasteiger partial charge in [0.2, 0.25) is 10.0 Å². The van der Waals surface area contributed by atoms with Crippen molar-refractivity contribution in [3.05, 3.63) is 28.3 Å². The molecular weight excluding hydrogens is 262 g/mol. The molecule has 1 aromatic rings. The Kier molecular flexibility index (Phi) is 5.12. The standard InChI is InChI=1S/C14H23NO3S/c1-9-7-10(2)13(5)14(12(9)4)19(16,17)15-11(3)8-18-6/h7,11,15H,8H2,1-6H3/t11-/m1/s1. The van der Waals surface area contributed by atoms with E-state index in [9.17, 15) is 8.42 Å². The summed E-state index contributed by atoms with van der Waals surface area (Å²) in [5.74, 6) is 0. The molecule has 4 nitrogen and oxygen atoms in total. The number of nitrogens with one attached hydrogen (secondary N) is 1. The van der Waals surface area contributed by atoms with Crippen LogP contribution in [-0.2, 0) is 14.8 Å². The lowest BCUT2D eigenvalue weighted by Gasteiger charge is -2.18. The summed E-state index contributed by atoms with van der Waals surface area (Å²) in [5.41, 5.74) is 3.59. The van der Waals surface area contributed by atoms with Crippen molar-refractivity contribution in [1.82, 2.24) is 4.72 Å². The minimum absolute atomic E-state index is 0.255. The zero-order valence-corrected chi connectivity index (χ0v) is 13.3. The number of hydrogen-bond acceptors (Lipinski definition) is 3. The monoisotopic (exact) mass is 285 g/mol. The molecule has 19 heavy (non-hydrogen) atoms. The van der Waals surface area contributed by atoms with Crippen molar-refractivity contribution in [2.75, 3.05) is 13.7 Å². The van der Waals surface area contributed by atoms with E-state index in [1.807, 2.05) is 33.8 Å². The highest BCUT2D eigenvalue weighted by atomic mass is 32.2. The summed E-state index contributed by atoms with van der Waals surface area (Å²) in [6, 6.07) is 1.76. The lowest BCUT2D eigenvalue weighted by Crippen LogP contribution is -2.36. The first-order valence-corrected chi connectivity index (χ1v) is 7.77. The van der Waals surface area contributed by atoms with E-state index in [0.29, 0.717) is 11.5 Å². The molecular formula is C14H23NO3S. The van der Waals surface area contributed by atoms with Crippen LogP contribution in [0.2, 0.25) is 0 Å². The number of sulfonamides is 1. The lowest BCUT2D eigenvalue weighted by atomic mass is 10.0. The number of ether oxygens (including phenoxy) is 1. The Morgan fingerprint density at radius 3 is 2.05 bits per heavy atom. The first-order chi connectivity index (χ1) is 8.70. The van der Waals surface area contributed by atoms with Gasteiger partial charge in [-0.15, -0.1) is 0 Å². The van der Waals surface area contributed by atoms with Crippen molar-refractivity contribution in [1.29, 1.82) is 0 Å². The molecule has 0 aliphatic rings. The topological polar surface area (TPSA) is 55.4 Å². The minimum Gasteiger partial charge on any atom is -0.383 e.